The van der Waals surface area contributed by atoms with Gasteiger partial charge in [-0.25, -0.2) is 0 Å². The van der Waals surface area contributed by atoms with Crippen LogP contribution in [-0.2, 0) is 11.3 Å². The second-order valence-corrected chi connectivity index (χ2v) is 7.76. The highest BCUT2D eigenvalue weighted by atomic mass is 16.2. The van der Waals surface area contributed by atoms with Gasteiger partial charge in [-0.15, -0.1) is 0 Å². The minimum Gasteiger partial charge on any atom is -0.352 e. The van der Waals surface area contributed by atoms with Crippen molar-refractivity contribution in [3.63, 3.8) is 0 Å². The fourth-order valence-electron chi connectivity index (χ4n) is 4.08. The van der Waals surface area contributed by atoms with E-state index in [4.69, 9.17) is 0 Å². The molecule has 8 nitrogen and oxygen atoms in total. The van der Waals surface area contributed by atoms with Crippen LogP contribution in [-0.4, -0.2) is 37.2 Å². The van der Waals surface area contributed by atoms with E-state index in [0.29, 0.717) is 11.3 Å². The molecule has 0 saturated heterocycles. The van der Waals surface area contributed by atoms with Gasteiger partial charge in [-0.2, -0.15) is 5.10 Å². The number of anilines is 1. The molecule has 3 aromatic heterocycles. The van der Waals surface area contributed by atoms with E-state index in [1.807, 2.05) is 36.6 Å². The maximum atomic E-state index is 12.8. The van der Waals surface area contributed by atoms with Crippen molar-refractivity contribution < 1.29 is 9.59 Å². The Morgan fingerprint density at radius 1 is 1.20 bits per heavy atom. The molecule has 3 heterocycles. The molecule has 156 valence electrons. The second kappa shape index (κ2) is 8.52. The molecular weight excluding hydrogens is 380 g/mol. The lowest BCUT2D eigenvalue weighted by atomic mass is 10.2. The van der Waals surface area contributed by atoms with E-state index in [1.54, 1.807) is 29.5 Å². The molecule has 0 unspecified atom stereocenters. The molecule has 0 bridgehead atoms. The minimum absolute atomic E-state index is 0.0529. The zero-order chi connectivity index (χ0) is 21.1. The summed E-state index contributed by atoms with van der Waals surface area (Å²) in [4.78, 5) is 29.2. The number of carbonyl (C=O) groups is 2. The average Bonchev–Trinajstić information content (AvgIpc) is 3.44. The summed E-state index contributed by atoms with van der Waals surface area (Å²) in [5.41, 5.74) is 3.84. The summed E-state index contributed by atoms with van der Waals surface area (Å²) in [5.74, 6) is -0.268. The number of aromatic nitrogens is 4. The Bertz CT molecular complexity index is 1050. The van der Waals surface area contributed by atoms with E-state index in [9.17, 15) is 9.59 Å². The van der Waals surface area contributed by atoms with Gasteiger partial charge in [0.25, 0.3) is 5.91 Å². The van der Waals surface area contributed by atoms with E-state index in [1.165, 1.54) is 12.8 Å². The highest BCUT2D eigenvalue weighted by Crippen LogP contribution is 2.21. The Morgan fingerprint density at radius 2 is 2.00 bits per heavy atom. The lowest BCUT2D eigenvalue weighted by Gasteiger charge is -2.11. The SMILES string of the molecule is Cc1cc(C(=O)Nc2cnn(CC(=O)NC3CCCC3)c2)c(C)n1-c1cccnc1. The molecule has 4 rings (SSSR count). The molecule has 1 aliphatic rings. The maximum absolute atomic E-state index is 12.8. The van der Waals surface area contributed by atoms with Crippen LogP contribution in [0.5, 0.6) is 0 Å². The van der Waals surface area contributed by atoms with Gasteiger partial charge in [0.1, 0.15) is 6.54 Å². The molecule has 0 spiro atoms. The first kappa shape index (κ1) is 19.9. The Morgan fingerprint density at radius 3 is 2.73 bits per heavy atom. The molecule has 3 aromatic rings. The number of carbonyl (C=O) groups excluding carboxylic acids is 2. The van der Waals surface area contributed by atoms with Gasteiger partial charge < -0.3 is 15.2 Å². The fourth-order valence-corrected chi connectivity index (χ4v) is 4.08. The van der Waals surface area contributed by atoms with Crippen molar-refractivity contribution in [3.05, 3.63) is 59.9 Å². The van der Waals surface area contributed by atoms with Crippen molar-refractivity contribution >= 4 is 17.5 Å². The smallest absolute Gasteiger partial charge is 0.257 e. The van der Waals surface area contributed by atoms with E-state index in [2.05, 4.69) is 20.7 Å². The first-order valence-electron chi connectivity index (χ1n) is 10.2. The van der Waals surface area contributed by atoms with Crippen molar-refractivity contribution in [3.8, 4) is 5.69 Å². The third-order valence-corrected chi connectivity index (χ3v) is 5.50. The van der Waals surface area contributed by atoms with Gasteiger partial charge in [-0.3, -0.25) is 19.3 Å². The van der Waals surface area contributed by atoms with Crippen LogP contribution in [0.2, 0.25) is 0 Å². The van der Waals surface area contributed by atoms with Crippen LogP contribution < -0.4 is 10.6 Å². The summed E-state index contributed by atoms with van der Waals surface area (Å²) in [6, 6.07) is 5.96. The highest BCUT2D eigenvalue weighted by Gasteiger charge is 2.19. The standard InChI is InChI=1S/C22H26N6O2/c1-15-10-20(16(2)28(15)19-8-5-9-23-12-19)22(30)26-18-11-24-27(13-18)14-21(29)25-17-6-3-4-7-17/h5,8-13,17H,3-4,6-7,14H2,1-2H3,(H,25,29)(H,26,30). The first-order chi connectivity index (χ1) is 14.5. The molecule has 0 aliphatic heterocycles. The van der Waals surface area contributed by atoms with Gasteiger partial charge in [0.05, 0.1) is 29.3 Å². The maximum Gasteiger partial charge on any atom is 0.257 e. The van der Waals surface area contributed by atoms with Crippen LogP contribution in [0.15, 0.2) is 43.0 Å². The molecule has 8 heteroatoms. The normalized spacial score (nSPS) is 14.1. The van der Waals surface area contributed by atoms with Gasteiger partial charge in [0.15, 0.2) is 0 Å². The first-order valence-corrected chi connectivity index (χ1v) is 10.2. The topological polar surface area (TPSA) is 93.8 Å². The van der Waals surface area contributed by atoms with Crippen LogP contribution in [0.4, 0.5) is 5.69 Å². The molecule has 1 aliphatic carbocycles. The summed E-state index contributed by atoms with van der Waals surface area (Å²) in [5, 5.41) is 10.1. The Labute approximate surface area is 175 Å². The average molecular weight is 406 g/mol. The Kier molecular flexibility index (Phi) is 5.65. The molecule has 1 saturated carbocycles. The Hall–Kier alpha value is -3.42. The number of hydrogen-bond donors (Lipinski definition) is 2. The largest absolute Gasteiger partial charge is 0.352 e. The quantitative estimate of drug-likeness (QED) is 0.658. The second-order valence-electron chi connectivity index (χ2n) is 7.76. The molecule has 0 atom stereocenters. The van der Waals surface area contributed by atoms with Crippen LogP contribution in [0.3, 0.4) is 0 Å². The molecule has 2 amide bonds. The van der Waals surface area contributed by atoms with Crippen LogP contribution in [0.1, 0.15) is 47.4 Å². The van der Waals surface area contributed by atoms with Crippen molar-refractivity contribution in [1.82, 2.24) is 24.6 Å². The summed E-state index contributed by atoms with van der Waals surface area (Å²) in [7, 11) is 0. The zero-order valence-electron chi connectivity index (χ0n) is 17.3. The molecular formula is C22H26N6O2. The summed E-state index contributed by atoms with van der Waals surface area (Å²) in [6.07, 6.45) is 11.1. The predicted octanol–water partition coefficient (Wildman–Crippen LogP) is 3.00. The number of amides is 2. The zero-order valence-corrected chi connectivity index (χ0v) is 17.3. The van der Waals surface area contributed by atoms with Gasteiger partial charge in [0.2, 0.25) is 5.91 Å². The molecule has 0 radical (unpaired) electrons. The van der Waals surface area contributed by atoms with Crippen LogP contribution >= 0.6 is 0 Å². The summed E-state index contributed by atoms with van der Waals surface area (Å²) >= 11 is 0. The number of rotatable bonds is 6. The van der Waals surface area contributed by atoms with Gasteiger partial charge >= 0.3 is 0 Å². The summed E-state index contributed by atoms with van der Waals surface area (Å²) < 4.78 is 3.54. The minimum atomic E-state index is -0.215. The molecule has 30 heavy (non-hydrogen) atoms. The number of nitrogens with one attached hydrogen (secondary N) is 2. The van der Waals surface area contributed by atoms with Crippen molar-refractivity contribution in [1.29, 1.82) is 0 Å². The molecule has 1 fully saturated rings. The van der Waals surface area contributed by atoms with E-state index in [0.717, 1.165) is 29.9 Å². The van der Waals surface area contributed by atoms with Crippen molar-refractivity contribution in [2.24, 2.45) is 0 Å². The van der Waals surface area contributed by atoms with Crippen LogP contribution in [0, 0.1) is 13.8 Å². The number of pyridine rings is 1. The predicted molar refractivity (Wildman–Crippen MR) is 114 cm³/mol. The number of aryl methyl sites for hydroxylation is 1. The lowest BCUT2D eigenvalue weighted by Crippen LogP contribution is -2.35. The molecule has 2 N–H and O–H groups in total. The highest BCUT2D eigenvalue weighted by molar-refractivity contribution is 6.05. The fraction of sp³-hybridized carbons (Fsp3) is 0.364. The number of hydrogen-bond acceptors (Lipinski definition) is 4. The monoisotopic (exact) mass is 406 g/mol. The van der Waals surface area contributed by atoms with Crippen molar-refractivity contribution in [2.75, 3.05) is 5.32 Å². The lowest BCUT2D eigenvalue weighted by molar-refractivity contribution is -0.122. The molecule has 0 aromatic carbocycles. The van der Waals surface area contributed by atoms with Gasteiger partial charge in [0, 0.05) is 29.8 Å². The number of nitrogens with zero attached hydrogens (tertiary/aromatic N) is 4. The van der Waals surface area contributed by atoms with E-state index in [-0.39, 0.29) is 24.4 Å². The van der Waals surface area contributed by atoms with Gasteiger partial charge in [-0.05, 0) is 44.9 Å². The van der Waals surface area contributed by atoms with Crippen molar-refractivity contribution in [2.45, 2.75) is 52.1 Å². The van der Waals surface area contributed by atoms with Crippen LogP contribution in [0.25, 0.3) is 5.69 Å². The van der Waals surface area contributed by atoms with Gasteiger partial charge in [-0.1, -0.05) is 12.8 Å². The Balaban J connectivity index is 1.42. The van der Waals surface area contributed by atoms with E-state index < -0.39 is 0 Å². The third-order valence-electron chi connectivity index (χ3n) is 5.50. The summed E-state index contributed by atoms with van der Waals surface area (Å²) in [6.45, 7) is 4.01. The third kappa shape index (κ3) is 4.27. The van der Waals surface area contributed by atoms with E-state index >= 15 is 0 Å².